The van der Waals surface area contributed by atoms with Crippen molar-refractivity contribution in [3.8, 4) is 5.75 Å². The van der Waals surface area contributed by atoms with Gasteiger partial charge >= 0.3 is 0 Å². The predicted molar refractivity (Wildman–Crippen MR) is 93.7 cm³/mol. The van der Waals surface area contributed by atoms with Crippen LogP contribution in [0.2, 0.25) is 0 Å². The van der Waals surface area contributed by atoms with E-state index in [1.807, 2.05) is 30.3 Å². The topological polar surface area (TPSA) is 92.9 Å². The number of furan rings is 1. The molecule has 4 rings (SSSR count). The predicted octanol–water partition coefficient (Wildman–Crippen LogP) is 2.80. The number of rotatable bonds is 3. The van der Waals surface area contributed by atoms with Gasteiger partial charge in [0.1, 0.15) is 22.6 Å². The molecule has 2 heterocycles. The normalized spacial score (nSPS) is 14.3. The number of carbonyl (C=O) groups excluding carboxylic acids is 2. The van der Waals surface area contributed by atoms with Crippen molar-refractivity contribution in [1.82, 2.24) is 5.43 Å². The van der Waals surface area contributed by atoms with E-state index >= 15 is 0 Å². The van der Waals surface area contributed by atoms with Crippen LogP contribution in [0.5, 0.6) is 5.75 Å². The lowest BCUT2D eigenvalue weighted by Gasteiger charge is -2.13. The first-order valence-electron chi connectivity index (χ1n) is 7.82. The lowest BCUT2D eigenvalue weighted by atomic mass is 10.1. The van der Waals surface area contributed by atoms with Crippen LogP contribution in [0.3, 0.4) is 0 Å². The van der Waals surface area contributed by atoms with E-state index < -0.39 is 0 Å². The van der Waals surface area contributed by atoms with E-state index in [0.717, 1.165) is 16.4 Å². The molecule has 2 aromatic carbocycles. The summed E-state index contributed by atoms with van der Waals surface area (Å²) in [7, 11) is 1.54. The van der Waals surface area contributed by atoms with E-state index in [-0.39, 0.29) is 23.9 Å². The third kappa shape index (κ3) is 2.69. The minimum absolute atomic E-state index is 0.196. The Morgan fingerprint density at radius 2 is 2.04 bits per heavy atom. The molecule has 0 unspecified atom stereocenters. The molecule has 1 aliphatic rings. The summed E-state index contributed by atoms with van der Waals surface area (Å²) < 4.78 is 11.3. The summed E-state index contributed by atoms with van der Waals surface area (Å²) >= 11 is 0. The van der Waals surface area contributed by atoms with Gasteiger partial charge in [-0.2, -0.15) is 5.10 Å². The zero-order chi connectivity index (χ0) is 17.4. The van der Waals surface area contributed by atoms with Crippen molar-refractivity contribution in [2.75, 3.05) is 12.4 Å². The van der Waals surface area contributed by atoms with Crippen LogP contribution >= 0.6 is 0 Å². The largest absolute Gasteiger partial charge is 0.495 e. The van der Waals surface area contributed by atoms with E-state index in [0.29, 0.717) is 23.4 Å². The Balaban J connectivity index is 1.72. The first kappa shape index (κ1) is 15.2. The fourth-order valence-corrected chi connectivity index (χ4v) is 2.85. The van der Waals surface area contributed by atoms with Crippen molar-refractivity contribution in [3.63, 3.8) is 0 Å². The molecule has 0 spiro atoms. The number of methoxy groups -OCH3 is 1. The van der Waals surface area contributed by atoms with Crippen molar-refractivity contribution in [2.45, 2.75) is 12.8 Å². The first-order chi connectivity index (χ1) is 12.2. The minimum Gasteiger partial charge on any atom is -0.495 e. The number of fused-ring (bicyclic) bond motifs is 3. The number of para-hydroxylation sites is 1. The van der Waals surface area contributed by atoms with Gasteiger partial charge in [-0.3, -0.25) is 9.59 Å². The maximum atomic E-state index is 12.4. The lowest BCUT2D eigenvalue weighted by Crippen LogP contribution is -2.32. The average molecular weight is 337 g/mol. The molecule has 2 amide bonds. The number of ether oxygens (including phenoxy) is 1. The van der Waals surface area contributed by atoms with Gasteiger partial charge in [0.05, 0.1) is 12.8 Å². The van der Waals surface area contributed by atoms with Crippen LogP contribution in [-0.2, 0) is 9.59 Å². The van der Waals surface area contributed by atoms with Crippen molar-refractivity contribution in [2.24, 2.45) is 5.10 Å². The standard InChI is InChI=1S/C18H15N3O4/c1-24-16-8-11-10-4-2-3-5-14(10)25-15(11)9-13(16)19-18(23)12-6-7-17(22)21-20-12/h2-5,8-9H,6-7H2,1H3,(H,19,23)(H,21,22). The van der Waals surface area contributed by atoms with Gasteiger partial charge in [-0.05, 0) is 12.1 Å². The maximum Gasteiger partial charge on any atom is 0.271 e. The van der Waals surface area contributed by atoms with Crippen LogP contribution in [0, 0.1) is 0 Å². The van der Waals surface area contributed by atoms with Crippen LogP contribution in [-0.4, -0.2) is 24.6 Å². The molecule has 1 aromatic heterocycles. The van der Waals surface area contributed by atoms with E-state index in [1.54, 1.807) is 6.07 Å². The molecule has 0 saturated carbocycles. The van der Waals surface area contributed by atoms with Crippen LogP contribution in [0.25, 0.3) is 21.9 Å². The Hall–Kier alpha value is -3.35. The van der Waals surface area contributed by atoms with Crippen LogP contribution in [0.1, 0.15) is 12.8 Å². The Morgan fingerprint density at radius 1 is 1.20 bits per heavy atom. The summed E-state index contributed by atoms with van der Waals surface area (Å²) in [5, 5.41) is 8.47. The zero-order valence-corrected chi connectivity index (χ0v) is 13.5. The number of nitrogens with zero attached hydrogens (tertiary/aromatic N) is 1. The van der Waals surface area contributed by atoms with Gasteiger partial charge in [-0.25, -0.2) is 5.43 Å². The number of hydrogen-bond acceptors (Lipinski definition) is 5. The molecule has 7 nitrogen and oxygen atoms in total. The molecule has 2 N–H and O–H groups in total. The maximum absolute atomic E-state index is 12.4. The van der Waals surface area contributed by atoms with Gasteiger partial charge in [0.25, 0.3) is 5.91 Å². The van der Waals surface area contributed by atoms with Crippen molar-refractivity contribution < 1.29 is 18.7 Å². The molecular weight excluding hydrogens is 322 g/mol. The Labute approximate surface area is 142 Å². The summed E-state index contributed by atoms with van der Waals surface area (Å²) in [5.74, 6) is -0.0561. The lowest BCUT2D eigenvalue weighted by molar-refractivity contribution is -0.121. The minimum atomic E-state index is -0.381. The Morgan fingerprint density at radius 3 is 2.80 bits per heavy atom. The summed E-state index contributed by atoms with van der Waals surface area (Å²) in [6.45, 7) is 0. The number of nitrogens with one attached hydrogen (secondary N) is 2. The smallest absolute Gasteiger partial charge is 0.271 e. The molecular formula is C18H15N3O4. The Kier molecular flexibility index (Phi) is 3.61. The fraction of sp³-hybridized carbons (Fsp3) is 0.167. The summed E-state index contributed by atoms with van der Waals surface area (Å²) in [4.78, 5) is 23.5. The molecule has 0 saturated heterocycles. The van der Waals surface area contributed by atoms with Gasteiger partial charge < -0.3 is 14.5 Å². The third-order valence-electron chi connectivity index (χ3n) is 4.11. The highest BCUT2D eigenvalue weighted by Crippen LogP contribution is 2.36. The number of amides is 2. The van der Waals surface area contributed by atoms with Crippen LogP contribution < -0.4 is 15.5 Å². The van der Waals surface area contributed by atoms with Crippen molar-refractivity contribution >= 4 is 45.2 Å². The molecule has 1 aliphatic heterocycles. The van der Waals surface area contributed by atoms with Crippen LogP contribution in [0.4, 0.5) is 5.69 Å². The molecule has 25 heavy (non-hydrogen) atoms. The van der Waals surface area contributed by atoms with Gasteiger partial charge in [0, 0.05) is 29.7 Å². The highest BCUT2D eigenvalue weighted by molar-refractivity contribution is 6.43. The van der Waals surface area contributed by atoms with Crippen molar-refractivity contribution in [3.05, 3.63) is 36.4 Å². The second-order valence-corrected chi connectivity index (χ2v) is 5.69. The summed E-state index contributed by atoms with van der Waals surface area (Å²) in [5.41, 5.74) is 4.48. The van der Waals surface area contributed by atoms with Crippen LogP contribution in [0.15, 0.2) is 45.9 Å². The molecule has 0 atom stereocenters. The number of hydrazone groups is 1. The van der Waals surface area contributed by atoms with Gasteiger partial charge in [-0.1, -0.05) is 18.2 Å². The summed E-state index contributed by atoms with van der Waals surface area (Å²) in [6, 6.07) is 11.3. The van der Waals surface area contributed by atoms with Gasteiger partial charge in [0.2, 0.25) is 5.91 Å². The molecule has 0 radical (unpaired) electrons. The Bertz CT molecular complexity index is 1040. The molecule has 0 fully saturated rings. The average Bonchev–Trinajstić information content (AvgIpc) is 2.99. The number of hydrogen-bond donors (Lipinski definition) is 2. The second kappa shape index (κ2) is 5.94. The monoisotopic (exact) mass is 337 g/mol. The van der Waals surface area contributed by atoms with Gasteiger partial charge in [0.15, 0.2) is 0 Å². The third-order valence-corrected chi connectivity index (χ3v) is 4.11. The SMILES string of the molecule is COc1cc2c(cc1NC(=O)C1=NNC(=O)CC1)oc1ccccc12. The molecule has 0 bridgehead atoms. The number of benzene rings is 2. The first-order valence-corrected chi connectivity index (χ1v) is 7.82. The van der Waals surface area contributed by atoms with E-state index in [2.05, 4.69) is 15.8 Å². The molecule has 3 aromatic rings. The van der Waals surface area contributed by atoms with E-state index in [4.69, 9.17) is 9.15 Å². The number of carbonyl (C=O) groups is 2. The molecule has 0 aliphatic carbocycles. The second-order valence-electron chi connectivity index (χ2n) is 5.69. The van der Waals surface area contributed by atoms with Crippen molar-refractivity contribution in [1.29, 1.82) is 0 Å². The quantitative estimate of drug-likeness (QED) is 0.768. The fourth-order valence-electron chi connectivity index (χ4n) is 2.85. The highest BCUT2D eigenvalue weighted by atomic mass is 16.5. The highest BCUT2D eigenvalue weighted by Gasteiger charge is 2.20. The van der Waals surface area contributed by atoms with Gasteiger partial charge in [-0.15, -0.1) is 0 Å². The number of anilines is 1. The van der Waals surface area contributed by atoms with E-state index in [1.165, 1.54) is 7.11 Å². The zero-order valence-electron chi connectivity index (χ0n) is 13.5. The van der Waals surface area contributed by atoms with E-state index in [9.17, 15) is 9.59 Å². The molecule has 7 heteroatoms. The summed E-state index contributed by atoms with van der Waals surface area (Å²) in [6.07, 6.45) is 0.541. The molecule has 126 valence electrons.